The number of alkyl halides is 1. The van der Waals surface area contributed by atoms with E-state index in [-0.39, 0.29) is 42.2 Å². The lowest BCUT2D eigenvalue weighted by atomic mass is 9.82. The lowest BCUT2D eigenvalue weighted by Crippen LogP contribution is -2.58. The fraction of sp³-hybridized carbons (Fsp3) is 0.741. The average molecular weight is 546 g/mol. The second-order valence-electron chi connectivity index (χ2n) is 10.3. The summed E-state index contributed by atoms with van der Waals surface area (Å²) in [6, 6.07) is 4.22. The third kappa shape index (κ3) is 8.23. The summed E-state index contributed by atoms with van der Waals surface area (Å²) in [6.45, 7) is 1.81. The number of hydrogen-bond acceptors (Lipinski definition) is 5. The Morgan fingerprint density at radius 1 is 1.32 bits per heavy atom. The maximum Gasteiger partial charge on any atom is 0.317 e. The second-order valence-corrected chi connectivity index (χ2v) is 10.7. The van der Waals surface area contributed by atoms with Crippen molar-refractivity contribution in [1.82, 2.24) is 15.5 Å². The van der Waals surface area contributed by atoms with Gasteiger partial charge < -0.3 is 30.1 Å². The molecule has 2 amide bonds. The Morgan fingerprint density at radius 2 is 2.08 bits per heavy atom. The third-order valence-corrected chi connectivity index (χ3v) is 7.92. The molecule has 1 heterocycles. The summed E-state index contributed by atoms with van der Waals surface area (Å²) in [5.41, 5.74) is -1.60. The van der Waals surface area contributed by atoms with E-state index < -0.39 is 23.7 Å². The molecule has 0 spiro atoms. The Bertz CT molecular complexity index is 859. The molecule has 37 heavy (non-hydrogen) atoms. The van der Waals surface area contributed by atoms with Crippen LogP contribution < -0.4 is 10.6 Å². The van der Waals surface area contributed by atoms with Crippen LogP contribution in [-0.4, -0.2) is 81.4 Å². The van der Waals surface area contributed by atoms with Gasteiger partial charge >= 0.3 is 6.03 Å². The van der Waals surface area contributed by atoms with Crippen LogP contribution in [0.1, 0.15) is 56.9 Å². The van der Waals surface area contributed by atoms with Crippen molar-refractivity contribution in [3.63, 3.8) is 0 Å². The zero-order chi connectivity index (χ0) is 26.8. The summed E-state index contributed by atoms with van der Waals surface area (Å²) in [4.78, 5) is 14.9. The molecule has 1 aromatic carbocycles. The van der Waals surface area contributed by atoms with Crippen LogP contribution in [0.3, 0.4) is 0 Å². The van der Waals surface area contributed by atoms with Gasteiger partial charge in [-0.1, -0.05) is 23.7 Å². The third-order valence-electron chi connectivity index (χ3n) is 7.63. The summed E-state index contributed by atoms with van der Waals surface area (Å²) in [7, 11) is 3.45. The Balaban J connectivity index is 1.70. The average Bonchev–Trinajstić information content (AvgIpc) is 2.89. The largest absolute Gasteiger partial charge is 0.385 e. The number of halogens is 3. The lowest BCUT2D eigenvalue weighted by Gasteiger charge is -2.43. The molecule has 3 rings (SSSR count). The Kier molecular flexibility index (Phi) is 11.8. The number of urea groups is 1. The first-order chi connectivity index (χ1) is 17.8. The van der Waals surface area contributed by atoms with Crippen molar-refractivity contribution in [2.24, 2.45) is 5.92 Å². The van der Waals surface area contributed by atoms with Crippen molar-refractivity contribution in [3.05, 3.63) is 34.6 Å². The molecule has 2 aliphatic rings. The molecular weight excluding hydrogens is 504 g/mol. The maximum atomic E-state index is 15.1. The van der Waals surface area contributed by atoms with Crippen LogP contribution in [-0.2, 0) is 15.1 Å². The van der Waals surface area contributed by atoms with Crippen LogP contribution in [0.4, 0.5) is 13.6 Å². The number of nitrogens with zero attached hydrogens (tertiary/aromatic N) is 1. The van der Waals surface area contributed by atoms with Crippen molar-refractivity contribution in [2.75, 3.05) is 47.0 Å². The monoisotopic (exact) mass is 545 g/mol. The highest BCUT2D eigenvalue weighted by molar-refractivity contribution is 6.30. The molecule has 0 unspecified atom stereocenters. The smallest absolute Gasteiger partial charge is 0.317 e. The van der Waals surface area contributed by atoms with Crippen LogP contribution >= 0.6 is 11.6 Å². The Labute approximate surface area is 224 Å². The van der Waals surface area contributed by atoms with Crippen molar-refractivity contribution >= 4 is 17.6 Å². The topological polar surface area (TPSA) is 83.1 Å². The van der Waals surface area contributed by atoms with E-state index in [2.05, 4.69) is 10.6 Å². The number of ether oxygens (including phenoxy) is 2. The molecule has 1 saturated heterocycles. The van der Waals surface area contributed by atoms with Gasteiger partial charge in [0.25, 0.3) is 0 Å². The molecular formula is C27H42ClF2N3O4. The van der Waals surface area contributed by atoms with Crippen LogP contribution in [0.15, 0.2) is 18.2 Å². The zero-order valence-corrected chi connectivity index (χ0v) is 22.7. The number of likely N-dealkylation sites (N-methyl/N-ethyl adjacent to an activating group) is 1. The quantitative estimate of drug-likeness (QED) is 0.339. The van der Waals surface area contributed by atoms with Gasteiger partial charge in [0.2, 0.25) is 0 Å². The molecule has 1 aromatic rings. The van der Waals surface area contributed by atoms with Crippen molar-refractivity contribution in [3.8, 4) is 0 Å². The van der Waals surface area contributed by atoms with Gasteiger partial charge in [0.1, 0.15) is 23.7 Å². The normalized spacial score (nSPS) is 24.9. The predicted molar refractivity (Wildman–Crippen MR) is 140 cm³/mol. The number of hydrogen-bond donors (Lipinski definition) is 3. The van der Waals surface area contributed by atoms with E-state index in [9.17, 15) is 14.3 Å². The number of amides is 2. The summed E-state index contributed by atoms with van der Waals surface area (Å²) in [5.74, 6) is -0.299. The molecule has 1 saturated carbocycles. The SMILES string of the molecule is CNC[C@H](C[C@H]1CC[C@H](F)CC1)NC(=O)N1CCO[C@@H]([C@@](O)(CCCCOC)c2cccc(Cl)c2F)C1. The van der Waals surface area contributed by atoms with Crippen LogP contribution in [0.25, 0.3) is 0 Å². The van der Waals surface area contributed by atoms with Gasteiger partial charge in [-0.3, -0.25) is 0 Å². The predicted octanol–water partition coefficient (Wildman–Crippen LogP) is 4.40. The second kappa shape index (κ2) is 14.6. The zero-order valence-electron chi connectivity index (χ0n) is 22.0. The van der Waals surface area contributed by atoms with Gasteiger partial charge in [-0.2, -0.15) is 0 Å². The number of morpholine rings is 1. The van der Waals surface area contributed by atoms with Crippen LogP contribution in [0, 0.1) is 11.7 Å². The van der Waals surface area contributed by atoms with E-state index in [0.29, 0.717) is 51.3 Å². The number of nitrogens with one attached hydrogen (secondary N) is 2. The van der Waals surface area contributed by atoms with Crippen LogP contribution in [0.5, 0.6) is 0 Å². The van der Waals surface area contributed by atoms with E-state index in [1.54, 1.807) is 18.1 Å². The summed E-state index contributed by atoms with van der Waals surface area (Å²) < 4.78 is 39.7. The molecule has 1 aliphatic heterocycles. The van der Waals surface area contributed by atoms with E-state index in [1.165, 1.54) is 12.1 Å². The maximum absolute atomic E-state index is 15.1. The first-order valence-corrected chi connectivity index (χ1v) is 13.8. The summed E-state index contributed by atoms with van der Waals surface area (Å²) in [6.07, 6.45) is 3.56. The van der Waals surface area contributed by atoms with Gasteiger partial charge in [-0.15, -0.1) is 0 Å². The van der Waals surface area contributed by atoms with Crippen molar-refractivity contribution in [1.29, 1.82) is 0 Å². The number of benzene rings is 1. The number of rotatable bonds is 12. The minimum absolute atomic E-state index is 0.0706. The summed E-state index contributed by atoms with van der Waals surface area (Å²) >= 11 is 6.05. The number of carbonyl (C=O) groups excluding carboxylic acids is 1. The van der Waals surface area contributed by atoms with Gasteiger partial charge in [0.15, 0.2) is 0 Å². The minimum atomic E-state index is -1.67. The molecule has 3 atom stereocenters. The van der Waals surface area contributed by atoms with E-state index in [0.717, 1.165) is 19.3 Å². The molecule has 0 radical (unpaired) electrons. The highest BCUT2D eigenvalue weighted by Gasteiger charge is 2.44. The molecule has 1 aliphatic carbocycles. The van der Waals surface area contributed by atoms with E-state index in [1.807, 2.05) is 7.05 Å². The molecule has 10 heteroatoms. The molecule has 7 nitrogen and oxygen atoms in total. The Morgan fingerprint density at radius 3 is 2.78 bits per heavy atom. The van der Waals surface area contributed by atoms with E-state index in [4.69, 9.17) is 21.1 Å². The molecule has 0 aromatic heterocycles. The first kappa shape index (κ1) is 30.0. The molecule has 210 valence electrons. The van der Waals surface area contributed by atoms with Gasteiger partial charge in [0.05, 0.1) is 18.2 Å². The first-order valence-electron chi connectivity index (χ1n) is 13.4. The van der Waals surface area contributed by atoms with Gasteiger partial charge in [-0.25, -0.2) is 13.6 Å². The van der Waals surface area contributed by atoms with Crippen LogP contribution in [0.2, 0.25) is 5.02 Å². The summed E-state index contributed by atoms with van der Waals surface area (Å²) in [5, 5.41) is 18.0. The Hall–Kier alpha value is -1.52. The van der Waals surface area contributed by atoms with Crippen molar-refractivity contribution < 1.29 is 28.2 Å². The number of methoxy groups -OCH3 is 1. The molecule has 2 fully saturated rings. The molecule has 3 N–H and O–H groups in total. The van der Waals surface area contributed by atoms with Crippen molar-refractivity contribution in [2.45, 2.75) is 75.3 Å². The minimum Gasteiger partial charge on any atom is -0.385 e. The van der Waals surface area contributed by atoms with E-state index >= 15 is 4.39 Å². The number of aliphatic hydroxyl groups is 1. The lowest BCUT2D eigenvalue weighted by molar-refractivity contribution is -0.147. The van der Waals surface area contributed by atoms with Gasteiger partial charge in [0, 0.05) is 38.4 Å². The highest BCUT2D eigenvalue weighted by atomic mass is 35.5. The van der Waals surface area contributed by atoms with Gasteiger partial charge in [-0.05, 0) is 70.4 Å². The fourth-order valence-corrected chi connectivity index (χ4v) is 5.71. The fourth-order valence-electron chi connectivity index (χ4n) is 5.54. The standard InChI is InChI=1S/C27H42ClF2N3O4/c1-31-17-21(16-19-8-10-20(29)11-9-19)32-26(34)33-13-15-37-24(18-33)27(35,12-3-4-14-36-2)22-6-5-7-23(28)25(22)30/h5-7,19-21,24,31,35H,3-4,8-18H2,1-2H3,(H,32,34)/t19-,20-,21-,24+,27+/m0/s1. The molecule has 0 bridgehead atoms. The number of unbranched alkanes of at least 4 members (excludes halogenated alkanes) is 1. The highest BCUT2D eigenvalue weighted by Crippen LogP contribution is 2.38. The number of carbonyl (C=O) groups is 1.